The fraction of sp³-hybridized carbons (Fsp3) is 0.300. The van der Waals surface area contributed by atoms with E-state index in [2.05, 4.69) is 0 Å². The molecule has 0 heterocycles. The first-order chi connectivity index (χ1) is 6.11. The molecule has 0 aliphatic rings. The van der Waals surface area contributed by atoms with Crippen molar-refractivity contribution in [1.82, 2.24) is 0 Å². The van der Waals surface area contributed by atoms with E-state index in [4.69, 9.17) is 0 Å². The van der Waals surface area contributed by atoms with Gasteiger partial charge in [-0.3, -0.25) is 4.79 Å². The van der Waals surface area contributed by atoms with Crippen molar-refractivity contribution < 1.29 is 9.00 Å². The van der Waals surface area contributed by atoms with Gasteiger partial charge in [-0.25, -0.2) is 0 Å². The fourth-order valence-corrected chi connectivity index (χ4v) is 1.47. The van der Waals surface area contributed by atoms with Crippen molar-refractivity contribution in [1.29, 1.82) is 0 Å². The Morgan fingerprint density at radius 3 is 2.46 bits per heavy atom. The zero-order valence-electron chi connectivity index (χ0n) is 7.61. The predicted molar refractivity (Wildman–Crippen MR) is 52.9 cm³/mol. The van der Waals surface area contributed by atoms with E-state index in [1.807, 2.05) is 26.0 Å². The summed E-state index contributed by atoms with van der Waals surface area (Å²) in [6.45, 7) is 3.62. The molecule has 0 unspecified atom stereocenters. The fourth-order valence-electron chi connectivity index (χ4n) is 1.19. The second-order valence-electron chi connectivity index (χ2n) is 3.30. The summed E-state index contributed by atoms with van der Waals surface area (Å²) < 4.78 is 10.3. The number of aldehydes is 1. The van der Waals surface area contributed by atoms with Gasteiger partial charge in [0.05, 0.1) is 0 Å². The lowest BCUT2D eigenvalue weighted by Gasteiger charge is -2.07. The van der Waals surface area contributed by atoms with Gasteiger partial charge >= 0.3 is 11.7 Å². The van der Waals surface area contributed by atoms with Crippen LogP contribution in [-0.4, -0.2) is 6.29 Å². The van der Waals surface area contributed by atoms with E-state index in [9.17, 15) is 9.00 Å². The van der Waals surface area contributed by atoms with Crippen LogP contribution >= 0.6 is 0 Å². The third-order valence-electron chi connectivity index (χ3n) is 1.94. The molecule has 1 aromatic carbocycles. The lowest BCUT2D eigenvalue weighted by Crippen LogP contribution is -2.17. The van der Waals surface area contributed by atoms with Crippen LogP contribution in [0.2, 0.25) is 0 Å². The molecular weight excluding hydrogens is 184 g/mol. The molecule has 0 fully saturated rings. The third-order valence-corrected chi connectivity index (χ3v) is 2.58. The molecule has 68 valence electrons. The van der Waals surface area contributed by atoms with Crippen molar-refractivity contribution in [2.75, 3.05) is 0 Å². The van der Waals surface area contributed by atoms with Gasteiger partial charge in [-0.15, -0.1) is 0 Å². The minimum absolute atomic E-state index is 0.501. The molecule has 1 aromatic rings. The molecule has 0 saturated carbocycles. The molecule has 3 heteroatoms. The standard InChI is InChI=1S/C10H11O2S/c1-10(2,13-12)9-6-4-3-5-8(9)7-11/h3-7H,1-2H3/q+1. The lowest BCUT2D eigenvalue weighted by atomic mass is 9.97. The third kappa shape index (κ3) is 1.98. The second-order valence-corrected chi connectivity index (χ2v) is 4.49. The molecule has 0 aliphatic carbocycles. The van der Waals surface area contributed by atoms with Gasteiger partial charge in [-0.1, -0.05) is 24.3 Å². The van der Waals surface area contributed by atoms with E-state index < -0.39 is 4.75 Å². The van der Waals surface area contributed by atoms with Crippen LogP contribution in [0.5, 0.6) is 0 Å². The summed E-state index contributed by atoms with van der Waals surface area (Å²) in [4.78, 5) is 10.7. The molecule has 0 spiro atoms. The molecule has 0 radical (unpaired) electrons. The SMILES string of the molecule is CC(C)([S+]=O)c1ccccc1C=O. The van der Waals surface area contributed by atoms with Crippen molar-refractivity contribution in [3.63, 3.8) is 0 Å². The van der Waals surface area contributed by atoms with Crippen LogP contribution in [0.4, 0.5) is 0 Å². The highest BCUT2D eigenvalue weighted by molar-refractivity contribution is 7.66. The van der Waals surface area contributed by atoms with Crippen molar-refractivity contribution in [2.24, 2.45) is 0 Å². The molecule has 13 heavy (non-hydrogen) atoms. The highest BCUT2D eigenvalue weighted by atomic mass is 32.1. The van der Waals surface area contributed by atoms with Crippen molar-refractivity contribution in [3.8, 4) is 0 Å². The van der Waals surface area contributed by atoms with E-state index >= 15 is 0 Å². The van der Waals surface area contributed by atoms with Crippen LogP contribution in [0.3, 0.4) is 0 Å². The van der Waals surface area contributed by atoms with Crippen LogP contribution in [0.15, 0.2) is 24.3 Å². The Kier molecular flexibility index (Phi) is 2.88. The first-order valence-electron chi connectivity index (χ1n) is 3.97. The molecule has 2 nitrogen and oxygen atoms in total. The first kappa shape index (κ1) is 9.99. The zero-order valence-corrected chi connectivity index (χ0v) is 8.43. The average Bonchev–Trinajstić information content (AvgIpc) is 2.18. The van der Waals surface area contributed by atoms with Gasteiger partial charge in [-0.05, 0) is 0 Å². The Morgan fingerprint density at radius 1 is 1.31 bits per heavy atom. The topological polar surface area (TPSA) is 34.1 Å². The number of hydrogen-bond acceptors (Lipinski definition) is 2. The number of hydrogen-bond donors (Lipinski definition) is 0. The molecule has 0 aromatic heterocycles. The van der Waals surface area contributed by atoms with Crippen molar-refractivity contribution in [2.45, 2.75) is 18.6 Å². The van der Waals surface area contributed by atoms with E-state index in [1.54, 1.807) is 12.1 Å². The highest BCUT2D eigenvalue weighted by Crippen LogP contribution is 2.24. The summed E-state index contributed by atoms with van der Waals surface area (Å²) in [6, 6.07) is 7.16. The summed E-state index contributed by atoms with van der Waals surface area (Å²) in [5, 5.41) is 0. The monoisotopic (exact) mass is 195 g/mol. The normalized spacial score (nSPS) is 10.9. The maximum absolute atomic E-state index is 10.8. The maximum Gasteiger partial charge on any atom is 0.469 e. The highest BCUT2D eigenvalue weighted by Gasteiger charge is 2.36. The number of benzene rings is 1. The van der Waals surface area contributed by atoms with Crippen LogP contribution in [0.25, 0.3) is 0 Å². The number of rotatable bonds is 3. The van der Waals surface area contributed by atoms with Gasteiger partial charge in [0.1, 0.15) is 0 Å². The van der Waals surface area contributed by atoms with Crippen LogP contribution in [-0.2, 0) is 20.6 Å². The average molecular weight is 195 g/mol. The minimum Gasteiger partial charge on any atom is -0.298 e. The molecule has 0 bridgehead atoms. The Labute approximate surface area is 81.5 Å². The Balaban J connectivity index is 3.27. The number of carbonyl (C=O) groups excluding carboxylic acids is 1. The van der Waals surface area contributed by atoms with Crippen LogP contribution in [0, 0.1) is 0 Å². The summed E-state index contributed by atoms with van der Waals surface area (Å²) in [5.41, 5.74) is 1.39. The van der Waals surface area contributed by atoms with Gasteiger partial charge in [0.2, 0.25) is 0 Å². The summed E-state index contributed by atoms with van der Waals surface area (Å²) in [7, 11) is 0. The van der Waals surface area contributed by atoms with Crippen molar-refractivity contribution in [3.05, 3.63) is 35.4 Å². The Bertz CT molecular complexity index is 331. The molecule has 0 aliphatic heterocycles. The molecule has 0 saturated heterocycles. The second kappa shape index (κ2) is 3.75. The van der Waals surface area contributed by atoms with E-state index in [0.717, 1.165) is 11.8 Å². The van der Waals surface area contributed by atoms with E-state index in [-0.39, 0.29) is 0 Å². The quantitative estimate of drug-likeness (QED) is 0.547. The van der Waals surface area contributed by atoms with Gasteiger partial charge < -0.3 is 0 Å². The van der Waals surface area contributed by atoms with Crippen LogP contribution in [0.1, 0.15) is 29.8 Å². The number of carbonyl (C=O) groups is 1. The molecule has 0 N–H and O–H groups in total. The first-order valence-corrected chi connectivity index (χ1v) is 4.71. The van der Waals surface area contributed by atoms with Gasteiger partial charge in [0.15, 0.2) is 6.29 Å². The van der Waals surface area contributed by atoms with Crippen LogP contribution < -0.4 is 0 Å². The van der Waals surface area contributed by atoms with E-state index in [1.165, 1.54) is 0 Å². The Hall–Kier alpha value is -1.09. The maximum atomic E-state index is 10.8. The minimum atomic E-state index is -0.544. The van der Waals surface area contributed by atoms with Gasteiger partial charge in [0, 0.05) is 29.2 Å². The predicted octanol–water partition coefficient (Wildman–Crippen LogP) is 2.16. The van der Waals surface area contributed by atoms with Gasteiger partial charge in [-0.2, -0.15) is 0 Å². The summed E-state index contributed by atoms with van der Waals surface area (Å²) in [5.74, 6) is 0. The zero-order chi connectivity index (χ0) is 9.90. The molecule has 1 rings (SSSR count). The summed E-state index contributed by atoms with van der Waals surface area (Å²) >= 11 is 0.501. The molecular formula is C10H11O2S+. The Morgan fingerprint density at radius 2 is 1.92 bits per heavy atom. The lowest BCUT2D eigenvalue weighted by molar-refractivity contribution is 0.112. The van der Waals surface area contributed by atoms with Gasteiger partial charge in [0.25, 0.3) is 4.75 Å². The smallest absolute Gasteiger partial charge is 0.298 e. The van der Waals surface area contributed by atoms with E-state index in [0.29, 0.717) is 17.2 Å². The molecule has 0 atom stereocenters. The largest absolute Gasteiger partial charge is 0.469 e. The van der Waals surface area contributed by atoms with Crippen molar-refractivity contribution >= 4 is 18.0 Å². The molecule has 0 amide bonds. The summed E-state index contributed by atoms with van der Waals surface area (Å²) in [6.07, 6.45) is 0.785.